The molecule has 0 aromatic heterocycles. The Morgan fingerprint density at radius 3 is 1.80 bits per heavy atom. The Morgan fingerprint density at radius 1 is 0.600 bits per heavy atom. The van der Waals surface area contributed by atoms with Gasteiger partial charge in [-0.3, -0.25) is 4.79 Å². The zero-order valence-electron chi connectivity index (χ0n) is 24.6. The van der Waals surface area contributed by atoms with E-state index in [-0.39, 0.29) is 29.9 Å². The van der Waals surface area contributed by atoms with Gasteiger partial charge in [-0.15, -0.1) is 0 Å². The SMILES string of the molecule is C=CC(=O)OCCCC1CCC(C2CCC3CC(C(=O)OC4CCC(CCOC(=O)C=C)CC4)CCC3C2)CC1. The quantitative estimate of drug-likeness (QED) is 0.108. The molecular weight excluding hydrogens is 504 g/mol. The molecule has 4 fully saturated rings. The number of fused-ring (bicyclic) bond motifs is 1. The van der Waals surface area contributed by atoms with Crippen molar-refractivity contribution in [1.82, 2.24) is 0 Å². The minimum absolute atomic E-state index is 0.0570. The highest BCUT2D eigenvalue weighted by Crippen LogP contribution is 2.49. The van der Waals surface area contributed by atoms with Crippen molar-refractivity contribution in [2.24, 2.45) is 41.4 Å². The van der Waals surface area contributed by atoms with Crippen molar-refractivity contribution < 1.29 is 28.6 Å². The van der Waals surface area contributed by atoms with E-state index in [0.717, 1.165) is 75.0 Å². The molecular formula is C34H52O6. The zero-order valence-corrected chi connectivity index (χ0v) is 24.6. The van der Waals surface area contributed by atoms with Crippen LogP contribution < -0.4 is 0 Å². The van der Waals surface area contributed by atoms with Gasteiger partial charge < -0.3 is 14.2 Å². The van der Waals surface area contributed by atoms with E-state index in [9.17, 15) is 14.4 Å². The molecule has 0 saturated heterocycles. The van der Waals surface area contributed by atoms with E-state index in [1.54, 1.807) is 0 Å². The average molecular weight is 557 g/mol. The first kappa shape index (κ1) is 30.8. The summed E-state index contributed by atoms with van der Waals surface area (Å²) in [4.78, 5) is 35.5. The number of rotatable bonds is 12. The zero-order chi connectivity index (χ0) is 28.3. The first-order chi connectivity index (χ1) is 19.4. The Bertz CT molecular complexity index is 850. The summed E-state index contributed by atoms with van der Waals surface area (Å²) in [5.41, 5.74) is 0. The van der Waals surface area contributed by atoms with Crippen LogP contribution in [0.2, 0.25) is 0 Å². The van der Waals surface area contributed by atoms with Gasteiger partial charge in [-0.05, 0) is 132 Å². The van der Waals surface area contributed by atoms with Crippen LogP contribution in [0.5, 0.6) is 0 Å². The van der Waals surface area contributed by atoms with Gasteiger partial charge in [0.1, 0.15) is 6.10 Å². The fourth-order valence-electron chi connectivity index (χ4n) is 8.30. The number of hydrogen-bond donors (Lipinski definition) is 0. The molecule has 0 amide bonds. The number of carbonyl (C=O) groups is 3. The molecule has 0 bridgehead atoms. The van der Waals surface area contributed by atoms with Crippen LogP contribution in [0.3, 0.4) is 0 Å². The molecule has 0 aliphatic heterocycles. The molecule has 40 heavy (non-hydrogen) atoms. The molecule has 4 unspecified atom stereocenters. The van der Waals surface area contributed by atoms with Gasteiger partial charge in [0.15, 0.2) is 0 Å². The Morgan fingerprint density at radius 2 is 1.12 bits per heavy atom. The van der Waals surface area contributed by atoms with Crippen molar-refractivity contribution >= 4 is 17.9 Å². The Balaban J connectivity index is 1.09. The fraction of sp³-hybridized carbons (Fsp3) is 0.794. The van der Waals surface area contributed by atoms with Crippen LogP contribution in [-0.2, 0) is 28.6 Å². The number of ether oxygens (including phenoxy) is 3. The maximum Gasteiger partial charge on any atom is 0.330 e. The molecule has 4 saturated carbocycles. The van der Waals surface area contributed by atoms with E-state index >= 15 is 0 Å². The molecule has 4 atom stereocenters. The lowest BCUT2D eigenvalue weighted by atomic mass is 9.61. The molecule has 0 radical (unpaired) electrons. The van der Waals surface area contributed by atoms with Crippen molar-refractivity contribution in [3.05, 3.63) is 25.3 Å². The minimum atomic E-state index is -0.355. The van der Waals surface area contributed by atoms with Crippen LogP contribution in [0.25, 0.3) is 0 Å². The molecule has 4 aliphatic carbocycles. The second kappa shape index (κ2) is 15.8. The van der Waals surface area contributed by atoms with Crippen molar-refractivity contribution in [2.45, 2.75) is 115 Å². The van der Waals surface area contributed by atoms with Gasteiger partial charge in [0.2, 0.25) is 0 Å². The van der Waals surface area contributed by atoms with Crippen molar-refractivity contribution in [3.63, 3.8) is 0 Å². The normalized spacial score (nSPS) is 34.1. The van der Waals surface area contributed by atoms with E-state index in [2.05, 4.69) is 13.2 Å². The second-order valence-electron chi connectivity index (χ2n) is 13.1. The van der Waals surface area contributed by atoms with E-state index in [1.165, 1.54) is 69.9 Å². The van der Waals surface area contributed by atoms with Crippen molar-refractivity contribution in [1.29, 1.82) is 0 Å². The molecule has 6 heteroatoms. The Labute approximate surface area is 241 Å². The average Bonchev–Trinajstić information content (AvgIpc) is 2.99. The second-order valence-corrected chi connectivity index (χ2v) is 13.1. The van der Waals surface area contributed by atoms with Crippen LogP contribution in [0.15, 0.2) is 25.3 Å². The van der Waals surface area contributed by atoms with E-state index in [0.29, 0.717) is 25.0 Å². The Hall–Kier alpha value is -2.11. The summed E-state index contributed by atoms with van der Waals surface area (Å²) in [7, 11) is 0. The van der Waals surface area contributed by atoms with Crippen LogP contribution in [0.4, 0.5) is 0 Å². The van der Waals surface area contributed by atoms with Crippen LogP contribution in [0.1, 0.15) is 109 Å². The standard InChI is InChI=1S/C34H52O6/c1-3-32(35)38-20-5-6-24-7-11-26(12-8-24)27-13-14-29-23-30(16-15-28(29)22-27)34(37)40-31-17-9-25(10-18-31)19-21-39-33(36)4-2/h3-4,24-31H,1-2,5-23H2. The third-order valence-electron chi connectivity index (χ3n) is 10.7. The first-order valence-corrected chi connectivity index (χ1v) is 16.2. The molecule has 0 N–H and O–H groups in total. The fourth-order valence-corrected chi connectivity index (χ4v) is 8.30. The maximum absolute atomic E-state index is 13.1. The van der Waals surface area contributed by atoms with Gasteiger partial charge in [0.25, 0.3) is 0 Å². The lowest BCUT2D eigenvalue weighted by Crippen LogP contribution is -2.37. The van der Waals surface area contributed by atoms with Gasteiger partial charge in [0, 0.05) is 12.2 Å². The Kier molecular flexibility index (Phi) is 12.2. The van der Waals surface area contributed by atoms with Gasteiger partial charge in [-0.1, -0.05) is 26.0 Å². The van der Waals surface area contributed by atoms with Crippen molar-refractivity contribution in [2.75, 3.05) is 13.2 Å². The third-order valence-corrected chi connectivity index (χ3v) is 10.7. The van der Waals surface area contributed by atoms with Crippen molar-refractivity contribution in [3.8, 4) is 0 Å². The van der Waals surface area contributed by atoms with Gasteiger partial charge in [-0.25, -0.2) is 9.59 Å². The predicted molar refractivity (Wildman–Crippen MR) is 155 cm³/mol. The molecule has 4 aliphatic rings. The van der Waals surface area contributed by atoms with Gasteiger partial charge in [-0.2, -0.15) is 0 Å². The van der Waals surface area contributed by atoms with E-state index in [1.807, 2.05) is 0 Å². The molecule has 4 rings (SSSR count). The van der Waals surface area contributed by atoms with E-state index < -0.39 is 0 Å². The summed E-state index contributed by atoms with van der Waals surface area (Å²) in [6.07, 6.45) is 22.0. The predicted octanol–water partition coefficient (Wildman–Crippen LogP) is 7.36. The number of carbonyl (C=O) groups excluding carboxylic acids is 3. The lowest BCUT2D eigenvalue weighted by Gasteiger charge is -2.45. The molecule has 0 aromatic rings. The van der Waals surface area contributed by atoms with Crippen LogP contribution >= 0.6 is 0 Å². The van der Waals surface area contributed by atoms with Gasteiger partial charge >= 0.3 is 17.9 Å². The monoisotopic (exact) mass is 556 g/mol. The molecule has 224 valence electrons. The topological polar surface area (TPSA) is 78.9 Å². The number of hydrogen-bond acceptors (Lipinski definition) is 6. The molecule has 6 nitrogen and oxygen atoms in total. The third kappa shape index (κ3) is 9.21. The first-order valence-electron chi connectivity index (χ1n) is 16.2. The summed E-state index contributed by atoms with van der Waals surface area (Å²) in [6, 6.07) is 0. The minimum Gasteiger partial charge on any atom is -0.463 e. The van der Waals surface area contributed by atoms with Crippen LogP contribution in [-0.4, -0.2) is 37.2 Å². The summed E-state index contributed by atoms with van der Waals surface area (Å²) in [5, 5.41) is 0. The molecule has 0 spiro atoms. The summed E-state index contributed by atoms with van der Waals surface area (Å²) in [5.74, 6) is 4.06. The highest BCUT2D eigenvalue weighted by atomic mass is 16.5. The van der Waals surface area contributed by atoms with Gasteiger partial charge in [0.05, 0.1) is 19.1 Å². The summed E-state index contributed by atoms with van der Waals surface area (Å²) < 4.78 is 16.3. The lowest BCUT2D eigenvalue weighted by molar-refractivity contribution is -0.159. The molecule has 0 heterocycles. The maximum atomic E-state index is 13.1. The summed E-state index contributed by atoms with van der Waals surface area (Å²) in [6.45, 7) is 7.84. The van der Waals surface area contributed by atoms with Crippen LogP contribution in [0, 0.1) is 41.4 Å². The smallest absolute Gasteiger partial charge is 0.330 e. The number of esters is 3. The van der Waals surface area contributed by atoms with E-state index in [4.69, 9.17) is 14.2 Å². The molecule has 0 aromatic carbocycles. The highest BCUT2D eigenvalue weighted by molar-refractivity contribution is 5.81. The highest BCUT2D eigenvalue weighted by Gasteiger charge is 2.41. The largest absolute Gasteiger partial charge is 0.463 e. The summed E-state index contributed by atoms with van der Waals surface area (Å²) >= 11 is 0.